The van der Waals surface area contributed by atoms with Crippen molar-refractivity contribution in [3.63, 3.8) is 0 Å². The van der Waals surface area contributed by atoms with Crippen LogP contribution < -0.4 is 20.9 Å². The number of aryl methyl sites for hydroxylation is 2. The Kier molecular flexibility index (Phi) is 6.30. The van der Waals surface area contributed by atoms with E-state index in [0.29, 0.717) is 5.75 Å². The molecule has 132 valence electrons. The van der Waals surface area contributed by atoms with E-state index in [0.717, 1.165) is 16.8 Å². The van der Waals surface area contributed by atoms with E-state index >= 15 is 0 Å². The number of amides is 1. The Bertz CT molecular complexity index is 765. The van der Waals surface area contributed by atoms with Crippen LogP contribution in [0.1, 0.15) is 18.1 Å². The van der Waals surface area contributed by atoms with Gasteiger partial charge in [-0.2, -0.15) is 0 Å². The highest BCUT2D eigenvalue weighted by Gasteiger charge is 2.15. The lowest BCUT2D eigenvalue weighted by Gasteiger charge is -2.17. The van der Waals surface area contributed by atoms with Gasteiger partial charge in [-0.25, -0.2) is 4.39 Å². The van der Waals surface area contributed by atoms with E-state index in [1.165, 1.54) is 24.3 Å². The zero-order chi connectivity index (χ0) is 18.4. The van der Waals surface area contributed by atoms with Gasteiger partial charge in [0.25, 0.3) is 5.91 Å². The molecule has 7 heteroatoms. The second kappa shape index (κ2) is 8.43. The molecule has 5 nitrogen and oxygen atoms in total. The van der Waals surface area contributed by atoms with Crippen molar-refractivity contribution >= 4 is 28.9 Å². The van der Waals surface area contributed by atoms with E-state index in [1.807, 2.05) is 32.0 Å². The number of thiocarbonyl (C=S) groups is 1. The summed E-state index contributed by atoms with van der Waals surface area (Å²) in [6.45, 7) is 5.53. The van der Waals surface area contributed by atoms with Crippen molar-refractivity contribution in [2.45, 2.75) is 26.9 Å². The molecule has 0 heterocycles. The lowest BCUT2D eigenvalue weighted by molar-refractivity contribution is -0.127. The minimum absolute atomic E-state index is 0.260. The van der Waals surface area contributed by atoms with Crippen LogP contribution in [-0.4, -0.2) is 17.1 Å². The number of hydrazine groups is 1. The molecular weight excluding hydrogens is 341 g/mol. The molecule has 2 aromatic carbocycles. The highest BCUT2D eigenvalue weighted by Crippen LogP contribution is 2.16. The molecule has 1 atom stereocenters. The number of benzene rings is 2. The number of nitrogens with one attached hydrogen (secondary N) is 3. The van der Waals surface area contributed by atoms with Crippen LogP contribution in [0, 0.1) is 19.7 Å². The zero-order valence-corrected chi connectivity index (χ0v) is 15.0. The van der Waals surface area contributed by atoms with Gasteiger partial charge >= 0.3 is 0 Å². The number of hydrogen-bond acceptors (Lipinski definition) is 3. The minimum atomic E-state index is -0.776. The summed E-state index contributed by atoms with van der Waals surface area (Å²) in [5, 5.41) is 3.28. The van der Waals surface area contributed by atoms with Crippen molar-refractivity contribution in [2.24, 2.45) is 0 Å². The second-order valence-electron chi connectivity index (χ2n) is 5.60. The lowest BCUT2D eigenvalue weighted by Crippen LogP contribution is -2.48. The van der Waals surface area contributed by atoms with Crippen LogP contribution in [0.25, 0.3) is 0 Å². The van der Waals surface area contributed by atoms with Crippen LogP contribution in [0.3, 0.4) is 0 Å². The molecule has 1 amide bonds. The van der Waals surface area contributed by atoms with Crippen molar-refractivity contribution in [2.75, 3.05) is 5.32 Å². The van der Waals surface area contributed by atoms with Gasteiger partial charge in [-0.05, 0) is 74.4 Å². The van der Waals surface area contributed by atoms with Gasteiger partial charge in [-0.15, -0.1) is 0 Å². The fourth-order valence-electron chi connectivity index (χ4n) is 2.01. The Morgan fingerprint density at radius 2 is 1.80 bits per heavy atom. The quantitative estimate of drug-likeness (QED) is 0.576. The molecule has 0 unspecified atom stereocenters. The summed E-state index contributed by atoms with van der Waals surface area (Å²) in [5.41, 5.74) is 8.11. The van der Waals surface area contributed by atoms with Gasteiger partial charge in [0.05, 0.1) is 0 Å². The Labute approximate surface area is 151 Å². The smallest absolute Gasteiger partial charge is 0.279 e. The fourth-order valence-corrected chi connectivity index (χ4v) is 2.18. The Morgan fingerprint density at radius 1 is 1.12 bits per heavy atom. The van der Waals surface area contributed by atoms with E-state index in [2.05, 4.69) is 16.2 Å². The summed E-state index contributed by atoms with van der Waals surface area (Å²) in [7, 11) is 0. The van der Waals surface area contributed by atoms with Crippen molar-refractivity contribution in [1.82, 2.24) is 10.9 Å². The molecular formula is C18H20FN3O2S. The molecule has 0 aromatic heterocycles. The Hall–Kier alpha value is -2.67. The summed E-state index contributed by atoms with van der Waals surface area (Å²) in [6, 6.07) is 11.4. The van der Waals surface area contributed by atoms with Crippen LogP contribution in [0.2, 0.25) is 0 Å². The van der Waals surface area contributed by atoms with E-state index < -0.39 is 12.0 Å². The van der Waals surface area contributed by atoms with Gasteiger partial charge < -0.3 is 10.1 Å². The maximum absolute atomic E-state index is 12.9. The molecule has 0 radical (unpaired) electrons. The van der Waals surface area contributed by atoms with Crippen molar-refractivity contribution in [1.29, 1.82) is 0 Å². The summed E-state index contributed by atoms with van der Waals surface area (Å²) >= 11 is 5.17. The van der Waals surface area contributed by atoms with Gasteiger partial charge in [-0.1, -0.05) is 12.1 Å². The third-order valence-electron chi connectivity index (χ3n) is 3.44. The number of ether oxygens (including phenoxy) is 1. The summed E-state index contributed by atoms with van der Waals surface area (Å²) < 4.78 is 18.3. The molecule has 2 rings (SSSR count). The molecule has 0 saturated heterocycles. The van der Waals surface area contributed by atoms with Crippen LogP contribution in [-0.2, 0) is 4.79 Å². The van der Waals surface area contributed by atoms with Gasteiger partial charge in [0, 0.05) is 5.69 Å². The molecule has 0 spiro atoms. The van der Waals surface area contributed by atoms with Crippen LogP contribution in [0.15, 0.2) is 42.5 Å². The molecule has 0 bridgehead atoms. The number of carbonyl (C=O) groups is 1. The SMILES string of the molecule is Cc1ccc(C)c(NC(=S)NNC(=O)[C@@H](C)Oc2ccc(F)cc2)c1. The molecule has 3 N–H and O–H groups in total. The number of rotatable bonds is 4. The molecule has 0 aliphatic heterocycles. The van der Waals surface area contributed by atoms with E-state index in [1.54, 1.807) is 6.92 Å². The molecule has 0 saturated carbocycles. The maximum atomic E-state index is 12.9. The van der Waals surface area contributed by atoms with Crippen LogP contribution in [0.4, 0.5) is 10.1 Å². The zero-order valence-electron chi connectivity index (χ0n) is 14.2. The fraction of sp³-hybridized carbons (Fsp3) is 0.222. The summed E-state index contributed by atoms with van der Waals surface area (Å²) in [5.74, 6) is -0.372. The first kappa shape index (κ1) is 18.7. The van der Waals surface area contributed by atoms with Gasteiger partial charge in [0.2, 0.25) is 0 Å². The van der Waals surface area contributed by atoms with Crippen LogP contribution >= 0.6 is 12.2 Å². The molecule has 0 aliphatic rings. The topological polar surface area (TPSA) is 62.4 Å². The molecule has 25 heavy (non-hydrogen) atoms. The Balaban J connectivity index is 1.83. The van der Waals surface area contributed by atoms with Crippen LogP contribution in [0.5, 0.6) is 5.75 Å². The highest BCUT2D eigenvalue weighted by molar-refractivity contribution is 7.80. The summed E-state index contributed by atoms with van der Waals surface area (Å²) in [4.78, 5) is 12.0. The first-order valence-corrected chi connectivity index (χ1v) is 8.12. The lowest BCUT2D eigenvalue weighted by atomic mass is 10.1. The number of hydrogen-bond donors (Lipinski definition) is 3. The maximum Gasteiger partial charge on any atom is 0.279 e. The van der Waals surface area contributed by atoms with Gasteiger partial charge in [-0.3, -0.25) is 15.6 Å². The standard InChI is InChI=1S/C18H20FN3O2S/c1-11-4-5-12(2)16(10-11)20-18(25)22-21-17(23)13(3)24-15-8-6-14(19)7-9-15/h4-10,13H,1-3H3,(H,21,23)(H2,20,22,25)/t13-/m1/s1. The molecule has 2 aromatic rings. The number of carbonyl (C=O) groups excluding carboxylic acids is 1. The first-order valence-electron chi connectivity index (χ1n) is 7.71. The highest BCUT2D eigenvalue weighted by atomic mass is 32.1. The normalized spacial score (nSPS) is 11.4. The van der Waals surface area contributed by atoms with Gasteiger partial charge in [0.15, 0.2) is 11.2 Å². The predicted molar refractivity (Wildman–Crippen MR) is 99.9 cm³/mol. The second-order valence-corrected chi connectivity index (χ2v) is 6.01. The molecule has 0 aliphatic carbocycles. The average Bonchev–Trinajstić information content (AvgIpc) is 2.58. The van der Waals surface area contributed by atoms with Crippen molar-refractivity contribution in [3.8, 4) is 5.75 Å². The largest absolute Gasteiger partial charge is 0.481 e. The Morgan fingerprint density at radius 3 is 2.48 bits per heavy atom. The predicted octanol–water partition coefficient (Wildman–Crippen LogP) is 3.23. The third-order valence-corrected chi connectivity index (χ3v) is 3.64. The van der Waals surface area contributed by atoms with E-state index in [-0.39, 0.29) is 10.9 Å². The average molecular weight is 361 g/mol. The van der Waals surface area contributed by atoms with E-state index in [4.69, 9.17) is 17.0 Å². The van der Waals surface area contributed by atoms with Crippen molar-refractivity contribution < 1.29 is 13.9 Å². The monoisotopic (exact) mass is 361 g/mol. The number of anilines is 1. The molecule has 0 fully saturated rings. The minimum Gasteiger partial charge on any atom is -0.481 e. The number of halogens is 1. The van der Waals surface area contributed by atoms with E-state index in [9.17, 15) is 9.18 Å². The van der Waals surface area contributed by atoms with Crippen molar-refractivity contribution in [3.05, 3.63) is 59.4 Å². The summed E-state index contributed by atoms with van der Waals surface area (Å²) in [6.07, 6.45) is -0.776. The first-order chi connectivity index (χ1) is 11.8. The third kappa shape index (κ3) is 5.72. The van der Waals surface area contributed by atoms with Gasteiger partial charge in [0.1, 0.15) is 11.6 Å².